The minimum Gasteiger partial charge on any atom is -0.493 e. The van der Waals surface area contributed by atoms with Gasteiger partial charge in [0.15, 0.2) is 11.5 Å². The van der Waals surface area contributed by atoms with Gasteiger partial charge in [-0.1, -0.05) is 13.0 Å². The number of methoxy groups -OCH3 is 2. The van der Waals surface area contributed by atoms with Crippen LogP contribution in [0, 0.1) is 0 Å². The van der Waals surface area contributed by atoms with E-state index in [0.717, 1.165) is 18.4 Å². The highest BCUT2D eigenvalue weighted by atomic mass is 16.5. The first-order valence-electron chi connectivity index (χ1n) is 8.23. The Hall–Kier alpha value is -2.83. The fraction of sp³-hybridized carbons (Fsp3) is 0.389. The monoisotopic (exact) mass is 344 g/mol. The Morgan fingerprint density at radius 2 is 1.88 bits per heavy atom. The van der Waals surface area contributed by atoms with Gasteiger partial charge in [-0.05, 0) is 30.5 Å². The van der Waals surface area contributed by atoms with Gasteiger partial charge in [-0.2, -0.15) is 0 Å². The van der Waals surface area contributed by atoms with Crippen molar-refractivity contribution in [3.63, 3.8) is 0 Å². The lowest BCUT2D eigenvalue weighted by Crippen LogP contribution is -2.25. The van der Waals surface area contributed by atoms with E-state index in [1.165, 1.54) is 6.33 Å². The average Bonchev–Trinajstić information content (AvgIpc) is 2.66. The molecule has 0 bridgehead atoms. The molecule has 0 aliphatic rings. The summed E-state index contributed by atoms with van der Waals surface area (Å²) in [5.74, 6) is 1.85. The fourth-order valence-electron chi connectivity index (χ4n) is 2.28. The van der Waals surface area contributed by atoms with Crippen molar-refractivity contribution in [2.24, 2.45) is 0 Å². The molecular weight excluding hydrogens is 320 g/mol. The molecule has 0 atom stereocenters. The van der Waals surface area contributed by atoms with Crippen molar-refractivity contribution in [2.75, 3.05) is 32.6 Å². The third-order valence-electron chi connectivity index (χ3n) is 3.60. The van der Waals surface area contributed by atoms with Crippen molar-refractivity contribution in [3.05, 3.63) is 41.9 Å². The molecule has 2 aromatic rings. The summed E-state index contributed by atoms with van der Waals surface area (Å²) in [6, 6.07) is 7.48. The molecule has 0 spiro atoms. The molecule has 1 amide bonds. The van der Waals surface area contributed by atoms with Crippen LogP contribution in [0.1, 0.15) is 29.4 Å². The Morgan fingerprint density at radius 1 is 1.08 bits per heavy atom. The van der Waals surface area contributed by atoms with E-state index in [2.05, 4.69) is 20.6 Å². The second kappa shape index (κ2) is 9.46. The van der Waals surface area contributed by atoms with Crippen LogP contribution in [0.4, 0.5) is 5.82 Å². The molecule has 25 heavy (non-hydrogen) atoms. The average molecular weight is 344 g/mol. The minimum atomic E-state index is -0.188. The molecule has 134 valence electrons. The van der Waals surface area contributed by atoms with E-state index >= 15 is 0 Å². The predicted molar refractivity (Wildman–Crippen MR) is 96.4 cm³/mol. The van der Waals surface area contributed by atoms with Crippen LogP contribution in [0.25, 0.3) is 0 Å². The summed E-state index contributed by atoms with van der Waals surface area (Å²) in [6.07, 6.45) is 3.05. The van der Waals surface area contributed by atoms with Crippen molar-refractivity contribution < 1.29 is 14.3 Å². The zero-order valence-electron chi connectivity index (χ0n) is 14.8. The van der Waals surface area contributed by atoms with E-state index in [1.807, 2.05) is 25.1 Å². The van der Waals surface area contributed by atoms with Crippen molar-refractivity contribution >= 4 is 11.7 Å². The van der Waals surface area contributed by atoms with Crippen LogP contribution in [0.5, 0.6) is 11.5 Å². The van der Waals surface area contributed by atoms with E-state index < -0.39 is 0 Å². The Kier molecular flexibility index (Phi) is 7.00. The van der Waals surface area contributed by atoms with Crippen molar-refractivity contribution in [2.45, 2.75) is 19.8 Å². The topological polar surface area (TPSA) is 85.4 Å². The fourth-order valence-corrected chi connectivity index (χ4v) is 2.28. The molecule has 0 saturated carbocycles. The van der Waals surface area contributed by atoms with Gasteiger partial charge >= 0.3 is 0 Å². The van der Waals surface area contributed by atoms with E-state index in [4.69, 9.17) is 9.47 Å². The van der Waals surface area contributed by atoms with Gasteiger partial charge in [0.05, 0.1) is 14.2 Å². The number of aromatic nitrogens is 2. The number of ether oxygens (including phenoxy) is 2. The Morgan fingerprint density at radius 3 is 2.60 bits per heavy atom. The number of amides is 1. The standard InChI is InChI=1S/C18H24N4O3/c1-4-8-20-18(23)14-11-17(22-12-21-14)19-9-7-13-5-6-15(24-2)16(10-13)25-3/h5-6,10-12H,4,7-9H2,1-3H3,(H,20,23)(H,19,21,22). The van der Waals surface area contributed by atoms with E-state index in [-0.39, 0.29) is 5.91 Å². The molecule has 1 aromatic heterocycles. The van der Waals surface area contributed by atoms with Gasteiger partial charge in [0, 0.05) is 19.2 Å². The lowest BCUT2D eigenvalue weighted by Gasteiger charge is -2.10. The lowest BCUT2D eigenvalue weighted by atomic mass is 10.1. The first-order chi connectivity index (χ1) is 12.2. The number of hydrogen-bond donors (Lipinski definition) is 2. The summed E-state index contributed by atoms with van der Waals surface area (Å²) in [6.45, 7) is 3.30. The molecule has 0 radical (unpaired) electrons. The van der Waals surface area contributed by atoms with Gasteiger partial charge in [0.2, 0.25) is 0 Å². The van der Waals surface area contributed by atoms with Gasteiger partial charge in [0.25, 0.3) is 5.91 Å². The number of hydrogen-bond acceptors (Lipinski definition) is 6. The molecule has 7 nitrogen and oxygen atoms in total. The van der Waals surface area contributed by atoms with Gasteiger partial charge in [-0.15, -0.1) is 0 Å². The smallest absolute Gasteiger partial charge is 0.270 e. The summed E-state index contributed by atoms with van der Waals surface area (Å²) in [5, 5.41) is 6.01. The second-order valence-corrected chi connectivity index (χ2v) is 5.41. The molecule has 1 aromatic carbocycles. The zero-order valence-corrected chi connectivity index (χ0v) is 14.8. The Bertz CT molecular complexity index is 706. The minimum absolute atomic E-state index is 0.188. The van der Waals surface area contributed by atoms with Crippen LogP contribution in [-0.4, -0.2) is 43.2 Å². The number of nitrogens with zero attached hydrogens (tertiary/aromatic N) is 2. The first kappa shape index (κ1) is 18.5. The van der Waals surface area contributed by atoms with Crippen LogP contribution in [0.2, 0.25) is 0 Å². The van der Waals surface area contributed by atoms with Gasteiger partial charge in [-0.3, -0.25) is 4.79 Å². The quantitative estimate of drug-likeness (QED) is 0.726. The molecule has 0 unspecified atom stereocenters. The van der Waals surface area contributed by atoms with Crippen LogP contribution in [0.15, 0.2) is 30.6 Å². The lowest BCUT2D eigenvalue weighted by molar-refractivity contribution is 0.0948. The van der Waals surface area contributed by atoms with E-state index in [0.29, 0.717) is 36.1 Å². The summed E-state index contributed by atoms with van der Waals surface area (Å²) < 4.78 is 10.5. The molecule has 2 rings (SSSR count). The molecule has 7 heteroatoms. The molecule has 0 fully saturated rings. The molecule has 0 aliphatic heterocycles. The van der Waals surface area contributed by atoms with Crippen molar-refractivity contribution in [1.82, 2.24) is 15.3 Å². The highest BCUT2D eigenvalue weighted by molar-refractivity contribution is 5.92. The SMILES string of the molecule is CCCNC(=O)c1cc(NCCc2ccc(OC)c(OC)c2)ncn1. The number of rotatable bonds is 9. The maximum Gasteiger partial charge on any atom is 0.270 e. The molecule has 0 saturated heterocycles. The third-order valence-corrected chi connectivity index (χ3v) is 3.60. The highest BCUT2D eigenvalue weighted by Crippen LogP contribution is 2.27. The Balaban J connectivity index is 1.92. The number of carbonyl (C=O) groups is 1. The van der Waals surface area contributed by atoms with Gasteiger partial charge in [-0.25, -0.2) is 9.97 Å². The summed E-state index contributed by atoms with van der Waals surface area (Å²) in [4.78, 5) is 20.1. The van der Waals surface area contributed by atoms with E-state index in [9.17, 15) is 4.79 Å². The number of anilines is 1. The summed E-state index contributed by atoms with van der Waals surface area (Å²) in [5.41, 5.74) is 1.47. The molecular formula is C18H24N4O3. The second-order valence-electron chi connectivity index (χ2n) is 5.41. The van der Waals surface area contributed by atoms with Crippen molar-refractivity contribution in [1.29, 1.82) is 0 Å². The van der Waals surface area contributed by atoms with Crippen LogP contribution in [-0.2, 0) is 6.42 Å². The van der Waals surface area contributed by atoms with Gasteiger partial charge < -0.3 is 20.1 Å². The summed E-state index contributed by atoms with van der Waals surface area (Å²) >= 11 is 0. The first-order valence-corrected chi connectivity index (χ1v) is 8.23. The van der Waals surface area contributed by atoms with Crippen LogP contribution in [0.3, 0.4) is 0 Å². The normalized spacial score (nSPS) is 10.2. The summed E-state index contributed by atoms with van der Waals surface area (Å²) in [7, 11) is 3.23. The third kappa shape index (κ3) is 5.34. The maximum absolute atomic E-state index is 11.9. The Labute approximate surface area is 147 Å². The zero-order chi connectivity index (χ0) is 18.1. The number of carbonyl (C=O) groups excluding carboxylic acids is 1. The molecule has 2 N–H and O–H groups in total. The predicted octanol–water partition coefficient (Wildman–Crippen LogP) is 2.29. The van der Waals surface area contributed by atoms with Crippen molar-refractivity contribution in [3.8, 4) is 11.5 Å². The largest absolute Gasteiger partial charge is 0.493 e. The highest BCUT2D eigenvalue weighted by Gasteiger charge is 2.08. The van der Waals surface area contributed by atoms with Gasteiger partial charge in [0.1, 0.15) is 17.8 Å². The number of nitrogens with one attached hydrogen (secondary N) is 2. The van der Waals surface area contributed by atoms with Crippen LogP contribution >= 0.6 is 0 Å². The van der Waals surface area contributed by atoms with E-state index in [1.54, 1.807) is 20.3 Å². The maximum atomic E-state index is 11.9. The van der Waals surface area contributed by atoms with Crippen LogP contribution < -0.4 is 20.1 Å². The molecule has 0 aliphatic carbocycles. The number of benzene rings is 1. The molecule has 1 heterocycles.